The Morgan fingerprint density at radius 3 is 2.78 bits per heavy atom. The number of hydrogen-bond donors (Lipinski definition) is 1. The molecule has 0 aliphatic rings. The van der Waals surface area contributed by atoms with Gasteiger partial charge in [-0.3, -0.25) is 0 Å². The van der Waals surface area contributed by atoms with Crippen LogP contribution in [0.15, 0.2) is 18.2 Å². The molecule has 1 heterocycles. The van der Waals surface area contributed by atoms with Gasteiger partial charge in [0.2, 0.25) is 0 Å². The number of aromatic nitrogens is 3. The van der Waals surface area contributed by atoms with E-state index in [2.05, 4.69) is 10.3 Å². The third-order valence-electron chi connectivity index (χ3n) is 2.26. The number of carbonyl (C=O) groups excluding carboxylic acids is 1. The predicted octanol–water partition coefficient (Wildman–Crippen LogP) is 1.71. The lowest BCUT2D eigenvalue weighted by atomic mass is 10.2. The summed E-state index contributed by atoms with van der Waals surface area (Å²) >= 11 is 0. The third kappa shape index (κ3) is 2.48. The highest BCUT2D eigenvalue weighted by Crippen LogP contribution is 2.15. The van der Waals surface area contributed by atoms with Crippen LogP contribution < -0.4 is 0 Å². The van der Waals surface area contributed by atoms with Crippen LogP contribution in [-0.4, -0.2) is 31.8 Å². The maximum atomic E-state index is 11.9. The minimum atomic E-state index is -0.583. The molecule has 0 unspecified atom stereocenters. The molecule has 0 saturated carbocycles. The van der Waals surface area contributed by atoms with Crippen molar-refractivity contribution < 1.29 is 14.6 Å². The molecule has 6 heteroatoms. The van der Waals surface area contributed by atoms with Crippen molar-refractivity contribution in [1.29, 1.82) is 0 Å². The molecule has 2 aromatic rings. The van der Waals surface area contributed by atoms with Gasteiger partial charge in [0.25, 0.3) is 0 Å². The quantitative estimate of drug-likeness (QED) is 0.832. The van der Waals surface area contributed by atoms with E-state index in [0.717, 1.165) is 10.2 Å². The summed E-state index contributed by atoms with van der Waals surface area (Å²) in [5, 5.41) is 16.7. The van der Waals surface area contributed by atoms with Crippen molar-refractivity contribution in [3.8, 4) is 0 Å². The van der Waals surface area contributed by atoms with Gasteiger partial charge in [-0.1, -0.05) is 11.3 Å². The van der Waals surface area contributed by atoms with Gasteiger partial charge in [-0.15, -0.1) is 9.78 Å². The Morgan fingerprint density at radius 2 is 2.17 bits per heavy atom. The number of ether oxygens (including phenoxy) is 1. The van der Waals surface area contributed by atoms with Crippen LogP contribution in [0.1, 0.15) is 26.3 Å². The average molecular weight is 249 g/mol. The van der Waals surface area contributed by atoms with E-state index in [1.165, 1.54) is 0 Å². The number of hydrogen-bond acceptors (Lipinski definition) is 5. The van der Waals surface area contributed by atoms with Crippen LogP contribution in [0.3, 0.4) is 0 Å². The van der Waals surface area contributed by atoms with Crippen molar-refractivity contribution in [2.75, 3.05) is 0 Å². The third-order valence-corrected chi connectivity index (χ3v) is 2.26. The standard InChI is InChI=1S/C12H15N3O3/c1-12(2,3)18-11(17)15-10-5-4-8(7-16)6-9(10)13-14-15/h4-6,16H,7H2,1-3H3. The van der Waals surface area contributed by atoms with E-state index in [4.69, 9.17) is 9.84 Å². The normalized spacial score (nSPS) is 11.8. The molecule has 0 amide bonds. The van der Waals surface area contributed by atoms with Gasteiger partial charge < -0.3 is 9.84 Å². The van der Waals surface area contributed by atoms with E-state index >= 15 is 0 Å². The van der Waals surface area contributed by atoms with E-state index in [1.807, 2.05) is 0 Å². The number of carbonyl (C=O) groups is 1. The van der Waals surface area contributed by atoms with Crippen molar-refractivity contribution in [2.24, 2.45) is 0 Å². The Kier molecular flexibility index (Phi) is 3.04. The highest BCUT2D eigenvalue weighted by molar-refractivity contribution is 5.85. The van der Waals surface area contributed by atoms with Crippen molar-refractivity contribution in [2.45, 2.75) is 33.0 Å². The summed E-state index contributed by atoms with van der Waals surface area (Å²) in [5.74, 6) is 0. The summed E-state index contributed by atoms with van der Waals surface area (Å²) in [6.07, 6.45) is -0.568. The number of rotatable bonds is 1. The molecule has 1 aromatic carbocycles. The summed E-state index contributed by atoms with van der Waals surface area (Å²) < 4.78 is 6.33. The molecule has 0 fully saturated rings. The van der Waals surface area contributed by atoms with E-state index in [-0.39, 0.29) is 6.61 Å². The largest absolute Gasteiger partial charge is 0.442 e. The summed E-state index contributed by atoms with van der Waals surface area (Å²) in [6, 6.07) is 5.08. The molecule has 6 nitrogen and oxygen atoms in total. The van der Waals surface area contributed by atoms with Crippen molar-refractivity contribution in [1.82, 2.24) is 15.0 Å². The molecule has 18 heavy (non-hydrogen) atoms. The van der Waals surface area contributed by atoms with E-state index in [9.17, 15) is 4.79 Å². The van der Waals surface area contributed by atoms with Crippen molar-refractivity contribution >= 4 is 17.1 Å². The van der Waals surface area contributed by atoms with Crippen molar-refractivity contribution in [3.63, 3.8) is 0 Å². The zero-order chi connectivity index (χ0) is 13.3. The summed E-state index contributed by atoms with van der Waals surface area (Å²) in [4.78, 5) is 11.9. The Balaban J connectivity index is 2.38. The van der Waals surface area contributed by atoms with Gasteiger partial charge in [0.1, 0.15) is 16.6 Å². The molecule has 0 aliphatic carbocycles. The van der Waals surface area contributed by atoms with Crippen LogP contribution in [0.5, 0.6) is 0 Å². The van der Waals surface area contributed by atoms with Gasteiger partial charge in [0.05, 0.1) is 6.61 Å². The number of nitrogens with zero attached hydrogens (tertiary/aromatic N) is 3. The summed E-state index contributed by atoms with van der Waals surface area (Å²) in [5.41, 5.74) is 1.24. The van der Waals surface area contributed by atoms with Crippen LogP contribution in [0.4, 0.5) is 4.79 Å². The topological polar surface area (TPSA) is 77.2 Å². The Morgan fingerprint density at radius 1 is 1.44 bits per heavy atom. The number of aliphatic hydroxyl groups is 1. The lowest BCUT2D eigenvalue weighted by Crippen LogP contribution is -2.27. The van der Waals surface area contributed by atoms with Crippen molar-refractivity contribution in [3.05, 3.63) is 23.8 Å². The van der Waals surface area contributed by atoms with Gasteiger partial charge in [0.15, 0.2) is 0 Å². The van der Waals surface area contributed by atoms with Gasteiger partial charge in [0, 0.05) is 0 Å². The first-order valence-electron chi connectivity index (χ1n) is 5.59. The Bertz CT molecular complexity index is 584. The number of fused-ring (bicyclic) bond motifs is 1. The van der Waals surface area contributed by atoms with Crippen LogP contribution in [0, 0.1) is 0 Å². The predicted molar refractivity (Wildman–Crippen MR) is 65.1 cm³/mol. The lowest BCUT2D eigenvalue weighted by molar-refractivity contribution is 0.0519. The first-order chi connectivity index (χ1) is 8.40. The summed E-state index contributed by atoms with van der Waals surface area (Å²) in [6.45, 7) is 5.28. The molecule has 96 valence electrons. The number of benzene rings is 1. The van der Waals surface area contributed by atoms with Gasteiger partial charge in [-0.25, -0.2) is 4.79 Å². The van der Waals surface area contributed by atoms with Crippen LogP contribution in [0.2, 0.25) is 0 Å². The molecule has 0 aliphatic heterocycles. The van der Waals surface area contributed by atoms with Gasteiger partial charge >= 0.3 is 6.09 Å². The zero-order valence-electron chi connectivity index (χ0n) is 10.5. The molecule has 0 atom stereocenters. The van der Waals surface area contributed by atoms with Crippen LogP contribution in [0.25, 0.3) is 11.0 Å². The second-order valence-electron chi connectivity index (χ2n) is 4.96. The Hall–Kier alpha value is -1.95. The fourth-order valence-electron chi connectivity index (χ4n) is 1.51. The van der Waals surface area contributed by atoms with Crippen LogP contribution >= 0.6 is 0 Å². The second kappa shape index (κ2) is 4.38. The molecule has 0 saturated heterocycles. The molecule has 0 spiro atoms. The fraction of sp³-hybridized carbons (Fsp3) is 0.417. The SMILES string of the molecule is CC(C)(C)OC(=O)n1nnc2cc(CO)ccc21. The van der Waals surface area contributed by atoms with Gasteiger partial charge in [-0.2, -0.15) is 0 Å². The highest BCUT2D eigenvalue weighted by atomic mass is 16.6. The van der Waals surface area contributed by atoms with E-state index < -0.39 is 11.7 Å². The maximum absolute atomic E-state index is 11.9. The maximum Gasteiger partial charge on any atom is 0.437 e. The minimum Gasteiger partial charge on any atom is -0.442 e. The molecule has 1 N–H and O–H groups in total. The minimum absolute atomic E-state index is 0.0742. The van der Waals surface area contributed by atoms with Crippen LogP contribution in [-0.2, 0) is 11.3 Å². The van der Waals surface area contributed by atoms with Gasteiger partial charge in [-0.05, 0) is 38.5 Å². The summed E-state index contributed by atoms with van der Waals surface area (Å²) in [7, 11) is 0. The first kappa shape index (κ1) is 12.5. The molecule has 1 aromatic heterocycles. The fourth-order valence-corrected chi connectivity index (χ4v) is 1.51. The molecular formula is C12H15N3O3. The molecule has 2 rings (SSSR count). The molecular weight excluding hydrogens is 234 g/mol. The van der Waals surface area contributed by atoms with E-state index in [1.54, 1.807) is 39.0 Å². The second-order valence-corrected chi connectivity index (χ2v) is 4.96. The molecule has 0 radical (unpaired) electrons. The Labute approximate surface area is 104 Å². The molecule has 0 bridgehead atoms. The van der Waals surface area contributed by atoms with E-state index in [0.29, 0.717) is 11.0 Å². The highest BCUT2D eigenvalue weighted by Gasteiger charge is 2.20. The lowest BCUT2D eigenvalue weighted by Gasteiger charge is -2.18. The average Bonchev–Trinajstić information content (AvgIpc) is 2.69. The monoisotopic (exact) mass is 249 g/mol. The first-order valence-corrected chi connectivity index (χ1v) is 5.59. The smallest absolute Gasteiger partial charge is 0.437 e. The zero-order valence-corrected chi connectivity index (χ0v) is 10.5. The number of aliphatic hydroxyl groups excluding tert-OH is 1.